The van der Waals surface area contributed by atoms with E-state index in [9.17, 15) is 14.4 Å². The molecule has 3 aromatic rings. The number of anilines is 1. The molecule has 0 radical (unpaired) electrons. The van der Waals surface area contributed by atoms with Gasteiger partial charge in [0.1, 0.15) is 0 Å². The van der Waals surface area contributed by atoms with Gasteiger partial charge in [-0.1, -0.05) is 43.7 Å². The van der Waals surface area contributed by atoms with Crippen LogP contribution in [0.1, 0.15) is 41.3 Å². The highest BCUT2D eigenvalue weighted by atomic mass is 16.2. The lowest BCUT2D eigenvalue weighted by atomic mass is 10.0. The van der Waals surface area contributed by atoms with E-state index in [4.69, 9.17) is 0 Å². The van der Waals surface area contributed by atoms with Crippen LogP contribution in [0.4, 0.5) is 5.69 Å². The Kier molecular flexibility index (Phi) is 6.12. The lowest BCUT2D eigenvalue weighted by Gasteiger charge is -2.14. The Morgan fingerprint density at radius 3 is 2.59 bits per heavy atom. The van der Waals surface area contributed by atoms with Crippen molar-refractivity contribution in [1.29, 1.82) is 0 Å². The highest BCUT2D eigenvalue weighted by Crippen LogP contribution is 2.27. The van der Waals surface area contributed by atoms with E-state index in [1.165, 1.54) is 11.6 Å². The monoisotopic (exact) mass is 391 g/mol. The average molecular weight is 391 g/mol. The van der Waals surface area contributed by atoms with Gasteiger partial charge in [0.05, 0.1) is 5.69 Å². The van der Waals surface area contributed by atoms with Crippen molar-refractivity contribution in [1.82, 2.24) is 9.55 Å². The molecule has 0 unspecified atom stereocenters. The number of unbranched alkanes of at least 4 members (excludes halogenated alkanes) is 1. The molecule has 0 spiro atoms. The van der Waals surface area contributed by atoms with Crippen LogP contribution in [0.3, 0.4) is 0 Å². The summed E-state index contributed by atoms with van der Waals surface area (Å²) in [6, 6.07) is 13.1. The number of amides is 1. The predicted molar refractivity (Wildman–Crippen MR) is 115 cm³/mol. The van der Waals surface area contributed by atoms with E-state index >= 15 is 0 Å². The van der Waals surface area contributed by atoms with Crippen LogP contribution in [0.5, 0.6) is 0 Å². The average Bonchev–Trinajstić information content (AvgIpc) is 2.71. The molecule has 150 valence electrons. The Labute approximate surface area is 169 Å². The van der Waals surface area contributed by atoms with E-state index in [0.717, 1.165) is 36.0 Å². The minimum absolute atomic E-state index is 0.161. The summed E-state index contributed by atoms with van der Waals surface area (Å²) in [6.45, 7) is 4.00. The minimum atomic E-state index is -0.677. The molecule has 29 heavy (non-hydrogen) atoms. The third kappa shape index (κ3) is 4.37. The Hall–Kier alpha value is -3.41. The van der Waals surface area contributed by atoms with E-state index < -0.39 is 11.1 Å². The molecule has 1 amide bonds. The summed E-state index contributed by atoms with van der Waals surface area (Å²) < 4.78 is 1.25. The minimum Gasteiger partial charge on any atom is -0.322 e. The first-order valence-electron chi connectivity index (χ1n) is 9.71. The largest absolute Gasteiger partial charge is 0.322 e. The molecule has 0 saturated carbocycles. The van der Waals surface area contributed by atoms with Crippen molar-refractivity contribution in [2.45, 2.75) is 33.1 Å². The van der Waals surface area contributed by atoms with E-state index in [2.05, 4.69) is 17.2 Å². The molecule has 0 bridgehead atoms. The van der Waals surface area contributed by atoms with Crippen LogP contribution < -0.4 is 16.4 Å². The number of carbonyl (C=O) groups excluding carboxylic acids is 1. The maximum Gasteiger partial charge on any atom is 0.315 e. The van der Waals surface area contributed by atoms with Crippen molar-refractivity contribution in [2.24, 2.45) is 7.05 Å². The summed E-state index contributed by atoms with van der Waals surface area (Å²) in [6.07, 6.45) is 4.53. The van der Waals surface area contributed by atoms with Gasteiger partial charge in [0.15, 0.2) is 0 Å². The zero-order chi connectivity index (χ0) is 21.0. The Bertz CT molecular complexity index is 1160. The van der Waals surface area contributed by atoms with Gasteiger partial charge < -0.3 is 14.9 Å². The zero-order valence-corrected chi connectivity index (χ0v) is 16.9. The molecule has 0 atom stereocenters. The SMILES string of the molecule is CCCCc1ccccc1C(=O)Nc1cccc(-c2cn(C)c(=O)c(=O)[nH]2)c1C. The number of carbonyl (C=O) groups is 1. The summed E-state index contributed by atoms with van der Waals surface area (Å²) in [5, 5.41) is 2.99. The summed E-state index contributed by atoms with van der Waals surface area (Å²) in [7, 11) is 1.54. The fourth-order valence-corrected chi connectivity index (χ4v) is 3.34. The molecule has 1 heterocycles. The maximum atomic E-state index is 12.9. The summed E-state index contributed by atoms with van der Waals surface area (Å²) in [4.78, 5) is 39.1. The van der Waals surface area contributed by atoms with Crippen molar-refractivity contribution in [3.63, 3.8) is 0 Å². The smallest absolute Gasteiger partial charge is 0.315 e. The van der Waals surface area contributed by atoms with Gasteiger partial charge in [0, 0.05) is 30.1 Å². The van der Waals surface area contributed by atoms with Crippen LogP contribution in [0.15, 0.2) is 58.3 Å². The molecular weight excluding hydrogens is 366 g/mol. The molecule has 2 N–H and O–H groups in total. The third-order valence-corrected chi connectivity index (χ3v) is 5.02. The number of nitrogens with zero attached hydrogens (tertiary/aromatic N) is 1. The second-order valence-corrected chi connectivity index (χ2v) is 7.11. The Balaban J connectivity index is 1.94. The van der Waals surface area contributed by atoms with Crippen molar-refractivity contribution >= 4 is 11.6 Å². The molecule has 1 aromatic heterocycles. The van der Waals surface area contributed by atoms with Gasteiger partial charge >= 0.3 is 11.1 Å². The van der Waals surface area contributed by atoms with Gasteiger partial charge in [-0.2, -0.15) is 0 Å². The topological polar surface area (TPSA) is 84.0 Å². The van der Waals surface area contributed by atoms with Crippen LogP contribution in [0.25, 0.3) is 11.3 Å². The number of benzene rings is 2. The van der Waals surface area contributed by atoms with Crippen molar-refractivity contribution in [2.75, 3.05) is 5.32 Å². The van der Waals surface area contributed by atoms with Gasteiger partial charge in [-0.25, -0.2) is 0 Å². The third-order valence-electron chi connectivity index (χ3n) is 5.02. The van der Waals surface area contributed by atoms with Gasteiger partial charge in [-0.15, -0.1) is 0 Å². The number of aryl methyl sites for hydroxylation is 2. The summed E-state index contributed by atoms with van der Waals surface area (Å²) >= 11 is 0. The Morgan fingerprint density at radius 1 is 1.10 bits per heavy atom. The van der Waals surface area contributed by atoms with Crippen LogP contribution in [-0.2, 0) is 13.5 Å². The van der Waals surface area contributed by atoms with Crippen LogP contribution in [0, 0.1) is 6.92 Å². The van der Waals surface area contributed by atoms with Crippen LogP contribution in [-0.4, -0.2) is 15.5 Å². The maximum absolute atomic E-state index is 12.9. The van der Waals surface area contributed by atoms with Gasteiger partial charge in [-0.05, 0) is 43.0 Å². The first-order valence-corrected chi connectivity index (χ1v) is 9.71. The number of aromatic amines is 1. The van der Waals surface area contributed by atoms with Gasteiger partial charge in [-0.3, -0.25) is 14.4 Å². The number of aromatic nitrogens is 2. The molecule has 3 rings (SSSR count). The lowest BCUT2D eigenvalue weighted by Crippen LogP contribution is -2.34. The van der Waals surface area contributed by atoms with Crippen molar-refractivity contribution in [3.05, 3.63) is 86.1 Å². The first kappa shape index (κ1) is 20.3. The number of nitrogens with one attached hydrogen (secondary N) is 2. The van der Waals surface area contributed by atoms with Crippen molar-refractivity contribution in [3.8, 4) is 11.3 Å². The fraction of sp³-hybridized carbons (Fsp3) is 0.261. The molecule has 2 aromatic carbocycles. The molecule has 6 nitrogen and oxygen atoms in total. The highest BCUT2D eigenvalue weighted by Gasteiger charge is 2.14. The molecule has 6 heteroatoms. The van der Waals surface area contributed by atoms with Gasteiger partial charge in [0.25, 0.3) is 5.91 Å². The first-order chi connectivity index (χ1) is 13.9. The zero-order valence-electron chi connectivity index (χ0n) is 16.9. The number of rotatable bonds is 6. The molecule has 0 aliphatic carbocycles. The number of hydrogen-bond acceptors (Lipinski definition) is 3. The molecule has 0 aliphatic rings. The second kappa shape index (κ2) is 8.73. The Morgan fingerprint density at radius 2 is 1.86 bits per heavy atom. The molecule has 0 fully saturated rings. The van der Waals surface area contributed by atoms with Crippen LogP contribution in [0.2, 0.25) is 0 Å². The molecule has 0 aliphatic heterocycles. The van der Waals surface area contributed by atoms with E-state index in [0.29, 0.717) is 16.9 Å². The van der Waals surface area contributed by atoms with Crippen molar-refractivity contribution < 1.29 is 4.79 Å². The number of hydrogen-bond donors (Lipinski definition) is 2. The highest BCUT2D eigenvalue weighted by molar-refractivity contribution is 6.06. The fourth-order valence-electron chi connectivity index (χ4n) is 3.34. The van der Waals surface area contributed by atoms with E-state index in [1.807, 2.05) is 49.4 Å². The standard InChI is InChI=1S/C23H25N3O3/c1-4-5-9-16-10-6-7-11-18(16)21(27)24-19-13-8-12-17(15(19)2)20-14-26(3)23(29)22(28)25-20/h6-8,10-14H,4-5,9H2,1-3H3,(H,24,27)(H,25,28). The lowest BCUT2D eigenvalue weighted by molar-refractivity contribution is 0.102. The second-order valence-electron chi connectivity index (χ2n) is 7.11. The molecule has 0 saturated heterocycles. The van der Waals surface area contributed by atoms with E-state index in [1.54, 1.807) is 6.20 Å². The van der Waals surface area contributed by atoms with E-state index in [-0.39, 0.29) is 5.91 Å². The molecular formula is C23H25N3O3. The van der Waals surface area contributed by atoms with Gasteiger partial charge in [0.2, 0.25) is 0 Å². The predicted octanol–water partition coefficient (Wildman–Crippen LogP) is 3.64. The summed E-state index contributed by atoms with van der Waals surface area (Å²) in [5.74, 6) is -0.161. The number of H-pyrrole nitrogens is 1. The quantitative estimate of drug-likeness (QED) is 0.629. The van der Waals surface area contributed by atoms with Crippen LogP contribution >= 0.6 is 0 Å². The normalized spacial score (nSPS) is 10.7. The summed E-state index contributed by atoms with van der Waals surface area (Å²) in [5.41, 5.74) is 3.14.